The molecule has 2 amide bonds. The molecule has 0 bridgehead atoms. The Morgan fingerprint density at radius 2 is 1.25 bits per heavy atom. The number of carbonyl (C=O) groups is 2. The molecular weight excluding hydrogens is 799 g/mol. The Labute approximate surface area is 361 Å². The third kappa shape index (κ3) is 9.66. The first-order valence-corrected chi connectivity index (χ1v) is 22.8. The molecule has 0 unspecified atom stereocenters. The summed E-state index contributed by atoms with van der Waals surface area (Å²) in [5.41, 5.74) is 6.19. The zero-order chi connectivity index (χ0) is 42.6. The number of carbonyl (C=O) groups excluding carboxylic acids is 2. The van der Waals surface area contributed by atoms with Crippen molar-refractivity contribution in [3.63, 3.8) is 0 Å². The van der Waals surface area contributed by atoms with Gasteiger partial charge in [-0.25, -0.2) is 0 Å². The summed E-state index contributed by atoms with van der Waals surface area (Å²) in [6.07, 6.45) is 11.5. The van der Waals surface area contributed by atoms with Crippen LogP contribution in [0.5, 0.6) is 28.7 Å². The van der Waals surface area contributed by atoms with Gasteiger partial charge >= 0.3 is 0 Å². The van der Waals surface area contributed by atoms with Crippen LogP contribution in [0.1, 0.15) is 72.4 Å². The average Bonchev–Trinajstić information content (AvgIpc) is 3.80. The van der Waals surface area contributed by atoms with E-state index in [0.29, 0.717) is 70.9 Å². The molecule has 0 N–H and O–H groups in total. The Balaban J connectivity index is 1.12. The molecule has 7 rings (SSSR count). The predicted molar refractivity (Wildman–Crippen MR) is 242 cm³/mol. The highest BCUT2D eigenvalue weighted by molar-refractivity contribution is 8.77. The number of nitrogens with zero attached hydrogens (tertiary/aromatic N) is 5. The van der Waals surface area contributed by atoms with Crippen LogP contribution in [-0.2, 0) is 13.2 Å². The van der Waals surface area contributed by atoms with E-state index in [0.717, 1.165) is 37.1 Å². The molecule has 2 fully saturated rings. The third-order valence-electron chi connectivity index (χ3n) is 11.1. The summed E-state index contributed by atoms with van der Waals surface area (Å²) < 4.78 is 30.8. The van der Waals surface area contributed by atoms with E-state index >= 15 is 0 Å². The highest BCUT2D eigenvalue weighted by atomic mass is 33.1. The topological polar surface area (TPSA) is 115 Å². The number of ether oxygens (including phenoxy) is 5. The minimum Gasteiger partial charge on any atom is -0.493 e. The Bertz CT molecular complexity index is 2100. The van der Waals surface area contributed by atoms with Crippen LogP contribution in [0.2, 0.25) is 0 Å². The Hall–Kier alpha value is -4.92. The van der Waals surface area contributed by atoms with Crippen molar-refractivity contribution in [2.45, 2.75) is 70.6 Å². The quantitative estimate of drug-likeness (QED) is 0.102. The minimum atomic E-state index is -0.0826. The lowest BCUT2D eigenvalue weighted by molar-refractivity contribution is 0.0769. The average molecular weight is 854 g/mol. The van der Waals surface area contributed by atoms with Crippen LogP contribution in [-0.4, -0.2) is 116 Å². The summed E-state index contributed by atoms with van der Waals surface area (Å²) in [5.74, 6) is 2.37. The molecule has 0 saturated carbocycles. The van der Waals surface area contributed by atoms with Crippen LogP contribution in [0.25, 0.3) is 0 Å². The molecule has 0 aliphatic carbocycles. The van der Waals surface area contributed by atoms with Gasteiger partial charge in [-0.05, 0) is 95.3 Å². The maximum Gasteiger partial charge on any atom is 0.257 e. The summed E-state index contributed by atoms with van der Waals surface area (Å²) in [4.78, 5) is 42.8. The van der Waals surface area contributed by atoms with Crippen LogP contribution in [0.3, 0.4) is 0 Å². The van der Waals surface area contributed by atoms with Crippen molar-refractivity contribution in [3.8, 4) is 28.7 Å². The Kier molecular flexibility index (Phi) is 13.5. The van der Waals surface area contributed by atoms with Gasteiger partial charge in [0.25, 0.3) is 11.8 Å². The Morgan fingerprint density at radius 3 is 1.70 bits per heavy atom. The summed E-state index contributed by atoms with van der Waals surface area (Å²) >= 11 is 0. The molecule has 3 aromatic carbocycles. The maximum atomic E-state index is 13.7. The van der Waals surface area contributed by atoms with Crippen molar-refractivity contribution in [1.29, 1.82) is 0 Å². The van der Waals surface area contributed by atoms with E-state index in [2.05, 4.69) is 44.2 Å². The van der Waals surface area contributed by atoms with Crippen molar-refractivity contribution in [2.75, 3.05) is 60.3 Å². The fourth-order valence-electron chi connectivity index (χ4n) is 8.13. The lowest BCUT2D eigenvalue weighted by atomic mass is 10.1. The normalized spacial score (nSPS) is 19.6. The van der Waals surface area contributed by atoms with E-state index in [-0.39, 0.29) is 41.9 Å². The largest absolute Gasteiger partial charge is 0.493 e. The smallest absolute Gasteiger partial charge is 0.257 e. The zero-order valence-electron chi connectivity index (χ0n) is 35.8. The number of amides is 2. The second kappa shape index (κ2) is 18.8. The fraction of sp³-hybridized carbons (Fsp3) is 0.435. The third-order valence-corrected chi connectivity index (χ3v) is 13.7. The van der Waals surface area contributed by atoms with E-state index in [9.17, 15) is 9.59 Å². The van der Waals surface area contributed by atoms with Crippen LogP contribution in [0, 0.1) is 0 Å². The van der Waals surface area contributed by atoms with E-state index in [1.165, 1.54) is 11.1 Å². The molecule has 2 saturated heterocycles. The number of hydrogen-bond donors (Lipinski definition) is 0. The zero-order valence-corrected chi connectivity index (χ0v) is 37.4. The van der Waals surface area contributed by atoms with Crippen LogP contribution in [0.15, 0.2) is 75.7 Å². The molecule has 0 aromatic heterocycles. The summed E-state index contributed by atoms with van der Waals surface area (Å²) in [6, 6.07) is 12.8. The van der Waals surface area contributed by atoms with Crippen LogP contribution in [0.4, 0.5) is 11.4 Å². The molecular formula is C46H55N5O7S2. The molecule has 3 aromatic rings. The van der Waals surface area contributed by atoms with Crippen molar-refractivity contribution in [3.05, 3.63) is 88.0 Å². The number of methoxy groups -OCH3 is 2. The lowest BCUT2D eigenvalue weighted by Crippen LogP contribution is -2.35. The molecule has 4 aliphatic rings. The van der Waals surface area contributed by atoms with Gasteiger partial charge in [-0.2, -0.15) is 0 Å². The summed E-state index contributed by atoms with van der Waals surface area (Å²) in [5, 5.41) is 0. The van der Waals surface area contributed by atoms with E-state index in [1.807, 2.05) is 65.1 Å². The van der Waals surface area contributed by atoms with Crippen molar-refractivity contribution >= 4 is 57.2 Å². The molecule has 4 aliphatic heterocycles. The second-order valence-electron chi connectivity index (χ2n) is 16.1. The second-order valence-corrected chi connectivity index (χ2v) is 19.2. The van der Waals surface area contributed by atoms with Crippen LogP contribution >= 0.6 is 21.6 Å². The SMILES string of the molecule is CC=C1C[C@H]2C=Nc3cc(OCc4cc(COc5cc6c(cc5OC)C(=O)N5CC(=CC)C[C@H]5C=N6)cc(OCCN(C)CC(C)(C)SSC)c4)c(OC)cc3C(=O)N2C1. The van der Waals surface area contributed by atoms with E-state index in [4.69, 9.17) is 33.7 Å². The van der Waals surface area contributed by atoms with Gasteiger partial charge in [0, 0.05) is 55.5 Å². The first-order chi connectivity index (χ1) is 28.9. The number of benzene rings is 3. The first kappa shape index (κ1) is 43.2. The number of allylic oxidation sites excluding steroid dienone is 2. The van der Waals surface area contributed by atoms with Crippen molar-refractivity contribution in [1.82, 2.24) is 14.7 Å². The first-order valence-electron chi connectivity index (χ1n) is 20.3. The number of aliphatic imine (C=N–C) groups is 2. The summed E-state index contributed by atoms with van der Waals surface area (Å²) in [7, 11) is 8.89. The standard InChI is InChI=1S/C46H55N5O7S2/c1-9-29-14-33-22-47-38-20-42(40(54-6)18-36(38)44(52)50(33)24-29)57-26-31-13-32(17-35(16-31)56-12-11-49(5)28-46(3,4)60-59-8)27-58-43-21-39-37(19-41(43)55-7)45(53)51-25-30(10-2)15-34(51)23-48-39/h9-10,13,16-23,33-34H,11-12,14-15,24-28H2,1-8H3/t33-,34-/m0/s1. The molecule has 14 heteroatoms. The van der Waals surface area contributed by atoms with Gasteiger partial charge in [0.15, 0.2) is 23.0 Å². The van der Waals surface area contributed by atoms with Crippen molar-refractivity contribution < 1.29 is 33.3 Å². The van der Waals surface area contributed by atoms with E-state index in [1.54, 1.807) is 49.3 Å². The van der Waals surface area contributed by atoms with Gasteiger partial charge in [-0.1, -0.05) is 44.9 Å². The molecule has 0 spiro atoms. The minimum absolute atomic E-state index is 0.0752. The predicted octanol–water partition coefficient (Wildman–Crippen LogP) is 8.72. The van der Waals surface area contributed by atoms with Crippen molar-refractivity contribution in [2.24, 2.45) is 9.98 Å². The van der Waals surface area contributed by atoms with Crippen LogP contribution < -0.4 is 23.7 Å². The van der Waals surface area contributed by atoms with Gasteiger partial charge in [0.1, 0.15) is 25.6 Å². The fourth-order valence-corrected chi connectivity index (χ4v) is 10.4. The number of hydrogen-bond acceptors (Lipinski definition) is 12. The molecule has 0 radical (unpaired) electrons. The lowest BCUT2D eigenvalue weighted by Gasteiger charge is -2.28. The van der Waals surface area contributed by atoms with Gasteiger partial charge in [-0.3, -0.25) is 19.6 Å². The highest BCUT2D eigenvalue weighted by Crippen LogP contribution is 2.41. The molecule has 318 valence electrons. The maximum absolute atomic E-state index is 13.7. The number of fused-ring (bicyclic) bond motifs is 4. The number of likely N-dealkylation sites (N-methyl/N-ethyl adjacent to an activating group) is 1. The molecule has 4 heterocycles. The molecule has 2 atom stereocenters. The molecule has 60 heavy (non-hydrogen) atoms. The monoisotopic (exact) mass is 853 g/mol. The van der Waals surface area contributed by atoms with Gasteiger partial charge in [0.05, 0.1) is 48.8 Å². The highest BCUT2D eigenvalue weighted by Gasteiger charge is 2.36. The van der Waals surface area contributed by atoms with Gasteiger partial charge in [0.2, 0.25) is 0 Å². The summed E-state index contributed by atoms with van der Waals surface area (Å²) in [6.45, 7) is 12.2. The van der Waals surface area contributed by atoms with Gasteiger partial charge in [-0.15, -0.1) is 0 Å². The molecule has 12 nitrogen and oxygen atoms in total. The number of rotatable bonds is 16. The van der Waals surface area contributed by atoms with E-state index < -0.39 is 0 Å². The Morgan fingerprint density at radius 1 is 0.750 bits per heavy atom. The van der Waals surface area contributed by atoms with Gasteiger partial charge < -0.3 is 38.4 Å².